The second kappa shape index (κ2) is 6.59. The van der Waals surface area contributed by atoms with Crippen LogP contribution in [-0.2, 0) is 26.0 Å². The zero-order valence-electron chi connectivity index (χ0n) is 12.1. The Kier molecular flexibility index (Phi) is 4.70. The molecule has 0 amide bonds. The first kappa shape index (κ1) is 16.4. The third kappa shape index (κ3) is 4.10. The van der Waals surface area contributed by atoms with E-state index in [0.717, 1.165) is 10.6 Å². The molecule has 0 N–H and O–H groups in total. The molecule has 0 radical (unpaired) electrons. The van der Waals surface area contributed by atoms with Crippen LogP contribution in [0, 0.1) is 5.92 Å². The number of nitrogens with zero attached hydrogens (tertiary/aromatic N) is 1. The van der Waals surface area contributed by atoms with Crippen LogP contribution in [0.5, 0.6) is 0 Å². The summed E-state index contributed by atoms with van der Waals surface area (Å²) in [5, 5.41) is 3.30. The largest absolute Gasteiger partial charge is 0.459 e. The average Bonchev–Trinajstić information content (AvgIpc) is 3.12. The minimum Gasteiger partial charge on any atom is -0.459 e. The van der Waals surface area contributed by atoms with Crippen molar-refractivity contribution < 1.29 is 17.9 Å². The lowest BCUT2D eigenvalue weighted by Crippen LogP contribution is -2.18. The van der Waals surface area contributed by atoms with E-state index in [-0.39, 0.29) is 18.1 Å². The SMILES string of the molecule is O=C(OCc1csc(-c2ccc(Cl)cc2)n1)[C@H]1CCS(=O)(=O)C1. The smallest absolute Gasteiger partial charge is 0.310 e. The summed E-state index contributed by atoms with van der Waals surface area (Å²) in [4.78, 5) is 16.3. The molecular formula is C15H14ClNO4S2. The lowest BCUT2D eigenvalue weighted by atomic mass is 10.1. The molecule has 5 nitrogen and oxygen atoms in total. The monoisotopic (exact) mass is 371 g/mol. The number of ether oxygens (including phenoxy) is 1. The zero-order valence-corrected chi connectivity index (χ0v) is 14.5. The van der Waals surface area contributed by atoms with Crippen molar-refractivity contribution in [1.29, 1.82) is 0 Å². The quantitative estimate of drug-likeness (QED) is 0.772. The second-order valence-electron chi connectivity index (χ2n) is 5.36. The number of carbonyl (C=O) groups excluding carboxylic acids is 1. The number of hydrogen-bond acceptors (Lipinski definition) is 6. The normalized spacial score (nSPS) is 19.6. The maximum absolute atomic E-state index is 11.9. The molecule has 0 spiro atoms. The highest BCUT2D eigenvalue weighted by molar-refractivity contribution is 7.91. The number of halogens is 1. The van der Waals surface area contributed by atoms with Gasteiger partial charge in [-0.2, -0.15) is 0 Å². The van der Waals surface area contributed by atoms with Gasteiger partial charge in [0.25, 0.3) is 0 Å². The van der Waals surface area contributed by atoms with Crippen molar-refractivity contribution in [2.45, 2.75) is 13.0 Å². The van der Waals surface area contributed by atoms with Crippen LogP contribution < -0.4 is 0 Å². The lowest BCUT2D eigenvalue weighted by molar-refractivity contribution is -0.149. The summed E-state index contributed by atoms with van der Waals surface area (Å²) in [6.45, 7) is 0.0550. The van der Waals surface area contributed by atoms with Crippen molar-refractivity contribution in [1.82, 2.24) is 4.98 Å². The molecule has 2 aromatic rings. The number of aromatic nitrogens is 1. The maximum atomic E-state index is 11.9. The third-order valence-corrected chi connectivity index (χ3v) is 6.53. The molecule has 122 valence electrons. The molecule has 1 aliphatic rings. The van der Waals surface area contributed by atoms with Gasteiger partial charge in [-0.1, -0.05) is 23.7 Å². The molecule has 0 aliphatic carbocycles. The van der Waals surface area contributed by atoms with Crippen LogP contribution in [0.3, 0.4) is 0 Å². The fourth-order valence-corrected chi connectivity index (χ4v) is 5.00. The third-order valence-electron chi connectivity index (χ3n) is 3.57. The molecular weight excluding hydrogens is 358 g/mol. The highest BCUT2D eigenvalue weighted by atomic mass is 35.5. The van der Waals surface area contributed by atoms with Crippen LogP contribution in [0.1, 0.15) is 12.1 Å². The van der Waals surface area contributed by atoms with Crippen LogP contribution in [0.15, 0.2) is 29.6 Å². The molecule has 1 saturated heterocycles. The number of sulfone groups is 1. The van der Waals surface area contributed by atoms with Gasteiger partial charge >= 0.3 is 5.97 Å². The molecule has 23 heavy (non-hydrogen) atoms. The Morgan fingerprint density at radius 3 is 2.74 bits per heavy atom. The van der Waals surface area contributed by atoms with Gasteiger partial charge in [-0.05, 0) is 18.6 Å². The summed E-state index contributed by atoms with van der Waals surface area (Å²) >= 11 is 7.30. The number of rotatable bonds is 4. The molecule has 0 unspecified atom stereocenters. The number of thiazole rings is 1. The zero-order chi connectivity index (χ0) is 16.4. The van der Waals surface area contributed by atoms with E-state index in [9.17, 15) is 13.2 Å². The van der Waals surface area contributed by atoms with Crippen molar-refractivity contribution in [3.05, 3.63) is 40.4 Å². The van der Waals surface area contributed by atoms with Gasteiger partial charge in [0.05, 0.1) is 23.1 Å². The fourth-order valence-electron chi connectivity index (χ4n) is 2.34. The van der Waals surface area contributed by atoms with Gasteiger partial charge in [0, 0.05) is 16.0 Å². The van der Waals surface area contributed by atoms with E-state index in [0.29, 0.717) is 17.1 Å². The van der Waals surface area contributed by atoms with E-state index in [2.05, 4.69) is 4.98 Å². The van der Waals surface area contributed by atoms with E-state index in [1.165, 1.54) is 11.3 Å². The Hall–Kier alpha value is -1.44. The highest BCUT2D eigenvalue weighted by Crippen LogP contribution is 2.26. The van der Waals surface area contributed by atoms with E-state index in [1.54, 1.807) is 12.1 Å². The van der Waals surface area contributed by atoms with Crippen molar-refractivity contribution in [2.75, 3.05) is 11.5 Å². The number of carbonyl (C=O) groups is 1. The minimum absolute atomic E-state index is 0.0550. The van der Waals surface area contributed by atoms with Crippen molar-refractivity contribution >= 4 is 38.7 Å². The predicted octanol–water partition coefficient (Wildman–Crippen LogP) is 2.94. The molecule has 0 bridgehead atoms. The first-order valence-electron chi connectivity index (χ1n) is 7.00. The van der Waals surface area contributed by atoms with Crippen molar-refractivity contribution in [2.24, 2.45) is 5.92 Å². The van der Waals surface area contributed by atoms with E-state index in [1.807, 2.05) is 17.5 Å². The topological polar surface area (TPSA) is 73.3 Å². The number of esters is 1. The standard InChI is InChI=1S/C15H14ClNO4S2/c16-12-3-1-10(2-4-12)14-17-13(8-22-14)7-21-15(18)11-5-6-23(19,20)9-11/h1-4,8,11H,5-7,9H2/t11-/m0/s1. The van der Waals surface area contributed by atoms with Crippen molar-refractivity contribution in [3.63, 3.8) is 0 Å². The Morgan fingerprint density at radius 1 is 1.35 bits per heavy atom. The van der Waals surface area contributed by atoms with Crippen LogP contribution >= 0.6 is 22.9 Å². The van der Waals surface area contributed by atoms with Gasteiger partial charge in [0.15, 0.2) is 9.84 Å². The summed E-state index contributed by atoms with van der Waals surface area (Å²) in [7, 11) is -3.08. The molecule has 1 aromatic carbocycles. The Labute approximate surface area is 143 Å². The Balaban J connectivity index is 1.59. The number of benzene rings is 1. The van der Waals surface area contributed by atoms with Gasteiger partial charge < -0.3 is 4.74 Å². The molecule has 1 aliphatic heterocycles. The Bertz CT molecular complexity index is 814. The summed E-state index contributed by atoms with van der Waals surface area (Å²) < 4.78 is 27.9. The van der Waals surface area contributed by atoms with Crippen LogP contribution in [0.4, 0.5) is 0 Å². The van der Waals surface area contributed by atoms with Crippen LogP contribution in [-0.4, -0.2) is 30.9 Å². The molecule has 1 aromatic heterocycles. The molecule has 3 rings (SSSR count). The van der Waals surface area contributed by atoms with E-state index >= 15 is 0 Å². The first-order valence-corrected chi connectivity index (χ1v) is 10.1. The number of hydrogen-bond donors (Lipinski definition) is 0. The maximum Gasteiger partial charge on any atom is 0.310 e. The predicted molar refractivity (Wildman–Crippen MR) is 89.1 cm³/mol. The van der Waals surface area contributed by atoms with Crippen molar-refractivity contribution in [3.8, 4) is 10.6 Å². The van der Waals surface area contributed by atoms with E-state index < -0.39 is 21.7 Å². The summed E-state index contributed by atoms with van der Waals surface area (Å²) in [6.07, 6.45) is 0.342. The minimum atomic E-state index is -3.08. The first-order chi connectivity index (χ1) is 10.9. The fraction of sp³-hybridized carbons (Fsp3) is 0.333. The molecule has 1 atom stereocenters. The lowest BCUT2D eigenvalue weighted by Gasteiger charge is -2.07. The van der Waals surface area contributed by atoms with Gasteiger partial charge in [0.1, 0.15) is 11.6 Å². The molecule has 0 saturated carbocycles. The van der Waals surface area contributed by atoms with Gasteiger partial charge in [-0.25, -0.2) is 13.4 Å². The summed E-state index contributed by atoms with van der Waals surface area (Å²) in [6, 6.07) is 7.33. The molecule has 8 heteroatoms. The molecule has 2 heterocycles. The van der Waals surface area contributed by atoms with Gasteiger partial charge in [-0.3, -0.25) is 4.79 Å². The van der Waals surface area contributed by atoms with Gasteiger partial charge in [-0.15, -0.1) is 11.3 Å². The highest BCUT2D eigenvalue weighted by Gasteiger charge is 2.34. The summed E-state index contributed by atoms with van der Waals surface area (Å²) in [5.41, 5.74) is 1.59. The Morgan fingerprint density at radius 2 is 2.09 bits per heavy atom. The average molecular weight is 372 g/mol. The van der Waals surface area contributed by atoms with E-state index in [4.69, 9.17) is 16.3 Å². The molecule has 1 fully saturated rings. The second-order valence-corrected chi connectivity index (χ2v) is 8.88. The van der Waals surface area contributed by atoms with Gasteiger partial charge in [0.2, 0.25) is 0 Å². The van der Waals surface area contributed by atoms with Crippen LogP contribution in [0.25, 0.3) is 10.6 Å². The summed E-state index contributed by atoms with van der Waals surface area (Å²) in [5.74, 6) is -1.06. The van der Waals surface area contributed by atoms with Crippen LogP contribution in [0.2, 0.25) is 5.02 Å².